The summed E-state index contributed by atoms with van der Waals surface area (Å²) >= 11 is 0. The summed E-state index contributed by atoms with van der Waals surface area (Å²) in [5.74, 6) is -0.305. The average Bonchev–Trinajstić information content (AvgIpc) is 2.77. The Hall–Kier alpha value is -2.43. The molecule has 0 radical (unpaired) electrons. The molecule has 5 nitrogen and oxygen atoms in total. The number of ketones is 1. The van der Waals surface area contributed by atoms with Crippen LogP contribution in [-0.2, 0) is 9.53 Å². The minimum atomic E-state index is -0.325. The molecule has 0 aromatic heterocycles. The molecule has 0 fully saturated rings. The molecule has 2 rings (SSSR count). The number of rotatable bonds is 14. The van der Waals surface area contributed by atoms with Crippen molar-refractivity contribution in [3.05, 3.63) is 41.2 Å². The van der Waals surface area contributed by atoms with E-state index < -0.39 is 0 Å². The van der Waals surface area contributed by atoms with E-state index in [1.165, 1.54) is 57.6 Å². The van der Waals surface area contributed by atoms with Crippen LogP contribution in [0.4, 0.5) is 5.69 Å². The zero-order valence-electron chi connectivity index (χ0n) is 18.9. The van der Waals surface area contributed by atoms with Gasteiger partial charge in [-0.05, 0) is 37.1 Å². The SMILES string of the molecule is CCCCCCCCCCCCOC(=O)c1ccc(N=CC2=C(O)CCCC2=O)cc1. The largest absolute Gasteiger partial charge is 0.512 e. The maximum Gasteiger partial charge on any atom is 0.338 e. The second-order valence-electron chi connectivity index (χ2n) is 8.26. The van der Waals surface area contributed by atoms with E-state index in [1.54, 1.807) is 24.3 Å². The number of ether oxygens (including phenoxy) is 1. The minimum absolute atomic E-state index is 0.0836. The Bertz CT molecular complexity index is 749. The molecule has 0 atom stereocenters. The van der Waals surface area contributed by atoms with Crippen LogP contribution < -0.4 is 0 Å². The first-order valence-corrected chi connectivity index (χ1v) is 11.9. The highest BCUT2D eigenvalue weighted by molar-refractivity contribution is 6.14. The van der Waals surface area contributed by atoms with Crippen molar-refractivity contribution in [3.8, 4) is 0 Å². The minimum Gasteiger partial charge on any atom is -0.512 e. The number of aliphatic hydroxyl groups is 1. The summed E-state index contributed by atoms with van der Waals surface area (Å²) in [5.41, 5.74) is 1.39. The highest BCUT2D eigenvalue weighted by Gasteiger charge is 2.18. The molecule has 0 saturated carbocycles. The van der Waals surface area contributed by atoms with Gasteiger partial charge in [-0.3, -0.25) is 9.79 Å². The van der Waals surface area contributed by atoms with Crippen LogP contribution >= 0.6 is 0 Å². The Balaban J connectivity index is 1.62. The summed E-state index contributed by atoms with van der Waals surface area (Å²) in [6.07, 6.45) is 15.5. The van der Waals surface area contributed by atoms with Gasteiger partial charge >= 0.3 is 5.97 Å². The van der Waals surface area contributed by atoms with E-state index in [2.05, 4.69) is 11.9 Å². The lowest BCUT2D eigenvalue weighted by Crippen LogP contribution is -2.12. The zero-order chi connectivity index (χ0) is 22.3. The number of nitrogens with zero attached hydrogens (tertiary/aromatic N) is 1. The topological polar surface area (TPSA) is 76.0 Å². The molecule has 0 bridgehead atoms. The molecule has 1 aromatic rings. The molecular weight excluding hydrogens is 390 g/mol. The van der Waals surface area contributed by atoms with E-state index in [1.807, 2.05) is 0 Å². The van der Waals surface area contributed by atoms with Crippen molar-refractivity contribution in [2.75, 3.05) is 6.61 Å². The highest BCUT2D eigenvalue weighted by Crippen LogP contribution is 2.20. The van der Waals surface area contributed by atoms with E-state index in [4.69, 9.17) is 4.74 Å². The fourth-order valence-electron chi connectivity index (χ4n) is 3.65. The van der Waals surface area contributed by atoms with E-state index >= 15 is 0 Å². The molecule has 170 valence electrons. The van der Waals surface area contributed by atoms with Crippen molar-refractivity contribution in [3.63, 3.8) is 0 Å². The summed E-state index contributed by atoms with van der Waals surface area (Å²) in [6.45, 7) is 2.69. The summed E-state index contributed by atoms with van der Waals surface area (Å²) in [6, 6.07) is 6.76. The fourth-order valence-corrected chi connectivity index (χ4v) is 3.65. The fraction of sp³-hybridized carbons (Fsp3) is 0.577. The normalized spacial score (nSPS) is 14.4. The lowest BCUT2D eigenvalue weighted by Gasteiger charge is -2.11. The smallest absolute Gasteiger partial charge is 0.338 e. The maximum absolute atomic E-state index is 12.2. The van der Waals surface area contributed by atoms with Gasteiger partial charge in [-0.1, -0.05) is 64.7 Å². The molecule has 0 aliphatic heterocycles. The van der Waals surface area contributed by atoms with Gasteiger partial charge in [0.1, 0.15) is 5.76 Å². The number of esters is 1. The molecule has 1 N–H and O–H groups in total. The number of benzene rings is 1. The summed E-state index contributed by atoms with van der Waals surface area (Å²) in [4.78, 5) is 28.3. The number of carbonyl (C=O) groups is 2. The Morgan fingerprint density at radius 1 is 0.968 bits per heavy atom. The predicted molar refractivity (Wildman–Crippen MR) is 125 cm³/mol. The van der Waals surface area contributed by atoms with Crippen molar-refractivity contribution in [2.45, 2.75) is 90.4 Å². The Labute approximate surface area is 186 Å². The first kappa shape index (κ1) is 24.8. The second kappa shape index (κ2) is 14.6. The molecule has 0 unspecified atom stereocenters. The van der Waals surface area contributed by atoms with Crippen LogP contribution in [0.3, 0.4) is 0 Å². The third-order valence-electron chi connectivity index (χ3n) is 5.61. The molecule has 0 amide bonds. The molecule has 1 aliphatic carbocycles. The monoisotopic (exact) mass is 427 g/mol. The number of carbonyl (C=O) groups excluding carboxylic acids is 2. The van der Waals surface area contributed by atoms with Gasteiger partial charge in [0.15, 0.2) is 5.78 Å². The Morgan fingerprint density at radius 2 is 1.58 bits per heavy atom. The van der Waals surface area contributed by atoms with Crippen LogP contribution in [0, 0.1) is 0 Å². The molecule has 0 spiro atoms. The molecule has 0 saturated heterocycles. The van der Waals surface area contributed by atoms with Crippen LogP contribution in [0.1, 0.15) is 101 Å². The van der Waals surface area contributed by atoms with Crippen molar-refractivity contribution < 1.29 is 19.4 Å². The van der Waals surface area contributed by atoms with Crippen LogP contribution in [0.25, 0.3) is 0 Å². The van der Waals surface area contributed by atoms with E-state index in [9.17, 15) is 14.7 Å². The van der Waals surface area contributed by atoms with Crippen LogP contribution in [0.2, 0.25) is 0 Å². The molecule has 1 aliphatic rings. The predicted octanol–water partition coefficient (Wildman–Crippen LogP) is 7.03. The summed E-state index contributed by atoms with van der Waals surface area (Å²) < 4.78 is 5.36. The van der Waals surface area contributed by atoms with Gasteiger partial charge in [-0.25, -0.2) is 4.79 Å². The first-order valence-electron chi connectivity index (χ1n) is 11.9. The third-order valence-corrected chi connectivity index (χ3v) is 5.61. The van der Waals surface area contributed by atoms with Gasteiger partial charge < -0.3 is 9.84 Å². The number of hydrogen-bond acceptors (Lipinski definition) is 5. The number of Topliss-reactive ketones (excluding diaryl/α,β-unsaturated/α-hetero) is 1. The van der Waals surface area contributed by atoms with Crippen LogP contribution in [-0.4, -0.2) is 29.7 Å². The van der Waals surface area contributed by atoms with Gasteiger partial charge in [0.2, 0.25) is 0 Å². The van der Waals surface area contributed by atoms with Gasteiger partial charge in [0.25, 0.3) is 0 Å². The van der Waals surface area contributed by atoms with E-state index in [0.29, 0.717) is 37.1 Å². The average molecular weight is 428 g/mol. The summed E-state index contributed by atoms with van der Waals surface area (Å²) in [5, 5.41) is 9.84. The van der Waals surface area contributed by atoms with Crippen molar-refractivity contribution in [1.29, 1.82) is 0 Å². The molecule has 5 heteroatoms. The molecule has 31 heavy (non-hydrogen) atoms. The van der Waals surface area contributed by atoms with E-state index in [0.717, 1.165) is 12.8 Å². The molecule has 0 heterocycles. The van der Waals surface area contributed by atoms with Gasteiger partial charge in [-0.2, -0.15) is 0 Å². The van der Waals surface area contributed by atoms with Crippen molar-refractivity contribution in [1.82, 2.24) is 0 Å². The van der Waals surface area contributed by atoms with Crippen molar-refractivity contribution in [2.24, 2.45) is 4.99 Å². The first-order chi connectivity index (χ1) is 15.1. The van der Waals surface area contributed by atoms with Crippen molar-refractivity contribution >= 4 is 23.7 Å². The second-order valence-corrected chi connectivity index (χ2v) is 8.26. The standard InChI is InChI=1S/C26H37NO4/c1-2-3-4-5-6-7-8-9-10-11-19-31-26(30)21-15-17-22(18-16-21)27-20-23-24(28)13-12-14-25(23)29/h15-18,20,28H,2-14,19H2,1H3. The van der Waals surface area contributed by atoms with Gasteiger partial charge in [-0.15, -0.1) is 0 Å². The lowest BCUT2D eigenvalue weighted by molar-refractivity contribution is -0.115. The van der Waals surface area contributed by atoms with Gasteiger partial charge in [0, 0.05) is 19.1 Å². The van der Waals surface area contributed by atoms with Crippen LogP contribution in [0.5, 0.6) is 0 Å². The van der Waals surface area contributed by atoms with E-state index in [-0.39, 0.29) is 23.1 Å². The van der Waals surface area contributed by atoms with Gasteiger partial charge in [0.05, 0.1) is 23.4 Å². The highest BCUT2D eigenvalue weighted by atomic mass is 16.5. The Kier molecular flexibility index (Phi) is 11.7. The third kappa shape index (κ3) is 9.50. The lowest BCUT2D eigenvalue weighted by atomic mass is 9.97. The molecule has 1 aromatic carbocycles. The van der Waals surface area contributed by atoms with Crippen LogP contribution in [0.15, 0.2) is 40.6 Å². The number of hydrogen-bond donors (Lipinski definition) is 1. The number of unbranched alkanes of at least 4 members (excludes halogenated alkanes) is 9. The maximum atomic E-state index is 12.2. The summed E-state index contributed by atoms with van der Waals surface area (Å²) in [7, 11) is 0. The number of aliphatic imine (C=N–C) groups is 1. The Morgan fingerprint density at radius 3 is 2.19 bits per heavy atom. The zero-order valence-corrected chi connectivity index (χ0v) is 18.9. The number of allylic oxidation sites excluding steroid dienone is 2. The quantitative estimate of drug-likeness (QED) is 0.196. The number of aliphatic hydroxyl groups excluding tert-OH is 1. The molecular formula is C26H37NO4.